The second kappa shape index (κ2) is 6.92. The molecule has 0 spiro atoms. The van der Waals surface area contributed by atoms with Crippen LogP contribution in [0, 0.1) is 0 Å². The SMILES string of the molecule is CC1(C)CN=C(CNC(=O)CN2CCN(c3cccc(Cl)c3)C2=O)O1. The summed E-state index contributed by atoms with van der Waals surface area (Å²) in [7, 11) is 0. The molecular weight excluding hydrogens is 344 g/mol. The van der Waals surface area contributed by atoms with Gasteiger partial charge < -0.3 is 15.0 Å². The number of rotatable bonds is 5. The van der Waals surface area contributed by atoms with Crippen molar-refractivity contribution in [1.82, 2.24) is 10.2 Å². The van der Waals surface area contributed by atoms with E-state index >= 15 is 0 Å². The predicted octanol–water partition coefficient (Wildman–Crippen LogP) is 1.91. The van der Waals surface area contributed by atoms with Crippen molar-refractivity contribution in [3.05, 3.63) is 29.3 Å². The van der Waals surface area contributed by atoms with Gasteiger partial charge in [-0.2, -0.15) is 0 Å². The average Bonchev–Trinajstić information content (AvgIpc) is 3.08. The fourth-order valence-electron chi connectivity index (χ4n) is 2.77. The van der Waals surface area contributed by atoms with E-state index < -0.39 is 0 Å². The maximum Gasteiger partial charge on any atom is 0.325 e. The number of amides is 3. The lowest BCUT2D eigenvalue weighted by Crippen LogP contribution is -2.41. The number of carbonyl (C=O) groups is 2. The number of benzene rings is 1. The molecule has 0 atom stereocenters. The van der Waals surface area contributed by atoms with Crippen molar-refractivity contribution in [3.8, 4) is 0 Å². The molecule has 0 aliphatic carbocycles. The minimum atomic E-state index is -0.317. The Morgan fingerprint density at radius 3 is 2.88 bits per heavy atom. The Balaban J connectivity index is 1.50. The molecule has 0 radical (unpaired) electrons. The summed E-state index contributed by atoms with van der Waals surface area (Å²) in [5.74, 6) is 0.281. The van der Waals surface area contributed by atoms with Gasteiger partial charge in [-0.25, -0.2) is 9.79 Å². The van der Waals surface area contributed by atoms with E-state index in [0.717, 1.165) is 5.69 Å². The average molecular weight is 365 g/mol. The lowest BCUT2D eigenvalue weighted by atomic mass is 10.1. The molecule has 1 aromatic rings. The van der Waals surface area contributed by atoms with Crippen LogP contribution in [0.25, 0.3) is 0 Å². The van der Waals surface area contributed by atoms with Gasteiger partial charge in [-0.3, -0.25) is 9.69 Å². The molecule has 0 aromatic heterocycles. The van der Waals surface area contributed by atoms with Crippen LogP contribution in [-0.4, -0.2) is 61.1 Å². The van der Waals surface area contributed by atoms with Crippen molar-refractivity contribution in [2.45, 2.75) is 19.4 Å². The first-order chi connectivity index (χ1) is 11.8. The molecule has 3 amide bonds. The van der Waals surface area contributed by atoms with Crippen molar-refractivity contribution in [2.24, 2.45) is 4.99 Å². The molecule has 134 valence electrons. The van der Waals surface area contributed by atoms with Gasteiger partial charge in [0.25, 0.3) is 0 Å². The molecule has 0 saturated carbocycles. The zero-order valence-electron chi connectivity index (χ0n) is 14.3. The third kappa shape index (κ3) is 4.22. The number of hydrogen-bond acceptors (Lipinski definition) is 4. The summed E-state index contributed by atoms with van der Waals surface area (Å²) in [5, 5.41) is 3.32. The van der Waals surface area contributed by atoms with E-state index in [1.165, 1.54) is 4.90 Å². The third-order valence-corrected chi connectivity index (χ3v) is 4.25. The smallest absolute Gasteiger partial charge is 0.325 e. The van der Waals surface area contributed by atoms with Crippen molar-refractivity contribution in [1.29, 1.82) is 0 Å². The van der Waals surface area contributed by atoms with Crippen LogP contribution in [0.3, 0.4) is 0 Å². The largest absolute Gasteiger partial charge is 0.472 e. The van der Waals surface area contributed by atoms with Crippen LogP contribution in [0.1, 0.15) is 13.8 Å². The number of carbonyl (C=O) groups excluding carboxylic acids is 2. The molecular formula is C17H21ClN4O3. The van der Waals surface area contributed by atoms with E-state index in [1.54, 1.807) is 23.1 Å². The van der Waals surface area contributed by atoms with E-state index in [4.69, 9.17) is 16.3 Å². The van der Waals surface area contributed by atoms with Crippen LogP contribution in [0.15, 0.2) is 29.3 Å². The molecule has 0 unspecified atom stereocenters. The molecule has 3 rings (SSSR count). The number of anilines is 1. The Hall–Kier alpha value is -2.28. The summed E-state index contributed by atoms with van der Waals surface area (Å²) in [5.41, 5.74) is 0.416. The van der Waals surface area contributed by atoms with E-state index in [2.05, 4.69) is 10.3 Å². The Bertz CT molecular complexity index is 720. The predicted molar refractivity (Wildman–Crippen MR) is 96.2 cm³/mol. The lowest BCUT2D eigenvalue weighted by molar-refractivity contribution is -0.121. The normalized spacial score (nSPS) is 19.0. The molecule has 0 bridgehead atoms. The highest BCUT2D eigenvalue weighted by molar-refractivity contribution is 6.30. The Morgan fingerprint density at radius 1 is 1.40 bits per heavy atom. The Morgan fingerprint density at radius 2 is 2.20 bits per heavy atom. The number of aliphatic imine (C=N–C) groups is 1. The maximum atomic E-state index is 12.5. The van der Waals surface area contributed by atoms with Crippen molar-refractivity contribution in [2.75, 3.05) is 37.6 Å². The molecule has 25 heavy (non-hydrogen) atoms. The second-order valence-corrected chi connectivity index (χ2v) is 7.12. The lowest BCUT2D eigenvalue weighted by Gasteiger charge is -2.19. The molecule has 2 aliphatic rings. The van der Waals surface area contributed by atoms with Crippen molar-refractivity contribution < 1.29 is 14.3 Å². The highest BCUT2D eigenvalue weighted by Gasteiger charge is 2.31. The molecule has 2 heterocycles. The quantitative estimate of drug-likeness (QED) is 0.867. The van der Waals surface area contributed by atoms with Crippen LogP contribution in [0.2, 0.25) is 5.02 Å². The van der Waals surface area contributed by atoms with Crippen LogP contribution >= 0.6 is 11.6 Å². The highest BCUT2D eigenvalue weighted by Crippen LogP contribution is 2.23. The van der Waals surface area contributed by atoms with Gasteiger partial charge >= 0.3 is 6.03 Å². The maximum absolute atomic E-state index is 12.5. The molecule has 8 heteroatoms. The summed E-state index contributed by atoms with van der Waals surface area (Å²) in [6.07, 6.45) is 0. The molecule has 7 nitrogen and oxygen atoms in total. The minimum Gasteiger partial charge on any atom is -0.472 e. The zero-order chi connectivity index (χ0) is 18.0. The van der Waals surface area contributed by atoms with E-state index in [0.29, 0.717) is 30.6 Å². The monoisotopic (exact) mass is 364 g/mol. The zero-order valence-corrected chi connectivity index (χ0v) is 15.0. The number of halogens is 1. The first-order valence-corrected chi connectivity index (χ1v) is 8.53. The molecule has 1 N–H and O–H groups in total. The molecule has 1 saturated heterocycles. The van der Waals surface area contributed by atoms with Gasteiger partial charge in [0.15, 0.2) is 0 Å². The van der Waals surface area contributed by atoms with Gasteiger partial charge in [0.05, 0.1) is 13.1 Å². The Kier molecular flexibility index (Phi) is 4.85. The Labute approximate surface area is 151 Å². The highest BCUT2D eigenvalue weighted by atomic mass is 35.5. The van der Waals surface area contributed by atoms with Crippen molar-refractivity contribution in [3.63, 3.8) is 0 Å². The molecule has 2 aliphatic heterocycles. The van der Waals surface area contributed by atoms with Gasteiger partial charge in [0.2, 0.25) is 11.8 Å². The minimum absolute atomic E-state index is 0.00652. The third-order valence-electron chi connectivity index (χ3n) is 4.02. The topological polar surface area (TPSA) is 74.2 Å². The standard InChI is InChI=1S/C17H21ClN4O3/c1-17(2)11-20-15(25-17)9-19-14(23)10-21-6-7-22(16(21)24)13-5-3-4-12(18)8-13/h3-5,8H,6-7,9-11H2,1-2H3,(H,19,23). The fraction of sp³-hybridized carbons (Fsp3) is 0.471. The van der Waals surface area contributed by atoms with Crippen LogP contribution in [-0.2, 0) is 9.53 Å². The van der Waals surface area contributed by atoms with Gasteiger partial charge in [0, 0.05) is 23.8 Å². The fourth-order valence-corrected chi connectivity index (χ4v) is 2.95. The van der Waals surface area contributed by atoms with E-state index in [1.807, 2.05) is 19.9 Å². The van der Waals surface area contributed by atoms with Gasteiger partial charge in [0.1, 0.15) is 12.1 Å². The van der Waals surface area contributed by atoms with Gasteiger partial charge in [-0.05, 0) is 32.0 Å². The number of hydrogen-bond donors (Lipinski definition) is 1. The van der Waals surface area contributed by atoms with Crippen LogP contribution in [0.4, 0.5) is 10.5 Å². The first-order valence-electron chi connectivity index (χ1n) is 8.15. The summed E-state index contributed by atoms with van der Waals surface area (Å²) in [6.45, 7) is 5.73. The van der Waals surface area contributed by atoms with E-state index in [9.17, 15) is 9.59 Å². The number of nitrogens with zero attached hydrogens (tertiary/aromatic N) is 3. The van der Waals surface area contributed by atoms with Gasteiger partial charge in [-0.15, -0.1) is 0 Å². The van der Waals surface area contributed by atoms with E-state index in [-0.39, 0.29) is 30.6 Å². The van der Waals surface area contributed by atoms with Crippen molar-refractivity contribution >= 4 is 35.1 Å². The summed E-state index contributed by atoms with van der Waals surface area (Å²) in [4.78, 5) is 32.0. The number of urea groups is 1. The summed E-state index contributed by atoms with van der Waals surface area (Å²) in [6, 6.07) is 6.91. The number of nitrogens with one attached hydrogen (secondary N) is 1. The van der Waals surface area contributed by atoms with Crippen LogP contribution in [0.5, 0.6) is 0 Å². The summed E-state index contributed by atoms with van der Waals surface area (Å²) >= 11 is 5.98. The molecule has 1 aromatic carbocycles. The molecule has 1 fully saturated rings. The van der Waals surface area contributed by atoms with Crippen LogP contribution < -0.4 is 10.2 Å². The number of ether oxygens (including phenoxy) is 1. The second-order valence-electron chi connectivity index (χ2n) is 6.68. The van der Waals surface area contributed by atoms with Gasteiger partial charge in [-0.1, -0.05) is 17.7 Å². The first kappa shape index (κ1) is 17.5. The summed E-state index contributed by atoms with van der Waals surface area (Å²) < 4.78 is 5.61.